The summed E-state index contributed by atoms with van der Waals surface area (Å²) in [5.74, 6) is 0.717. The van der Waals surface area contributed by atoms with Crippen LogP contribution in [0, 0.1) is 6.92 Å². The Kier molecular flexibility index (Phi) is 2.82. The number of hydrogen-bond acceptors (Lipinski definition) is 5. The first-order valence-corrected chi connectivity index (χ1v) is 4.97. The zero-order valence-electron chi connectivity index (χ0n) is 9.12. The van der Waals surface area contributed by atoms with E-state index in [1.165, 1.54) is 0 Å². The van der Waals surface area contributed by atoms with E-state index < -0.39 is 6.23 Å². The van der Waals surface area contributed by atoms with Crippen molar-refractivity contribution in [2.24, 2.45) is 0 Å². The van der Waals surface area contributed by atoms with Gasteiger partial charge in [-0.1, -0.05) is 6.07 Å². The lowest BCUT2D eigenvalue weighted by Gasteiger charge is -2.10. The van der Waals surface area contributed by atoms with Crippen LogP contribution in [0.15, 0.2) is 24.3 Å². The van der Waals surface area contributed by atoms with Gasteiger partial charge >= 0.3 is 0 Å². The Balaban J connectivity index is 2.33. The molecule has 0 saturated heterocycles. The summed E-state index contributed by atoms with van der Waals surface area (Å²) >= 11 is 0. The van der Waals surface area contributed by atoms with E-state index in [-0.39, 0.29) is 0 Å². The molecule has 1 aromatic heterocycles. The van der Waals surface area contributed by atoms with Crippen LogP contribution in [0.5, 0.6) is 0 Å². The average molecular weight is 219 g/mol. The molecule has 0 aliphatic heterocycles. The van der Waals surface area contributed by atoms with Crippen molar-refractivity contribution < 1.29 is 5.11 Å². The fourth-order valence-corrected chi connectivity index (χ4v) is 1.44. The number of anilines is 1. The number of benzene rings is 1. The van der Waals surface area contributed by atoms with Crippen LogP contribution in [0.4, 0.5) is 5.69 Å². The molecule has 1 aromatic carbocycles. The Morgan fingerprint density at radius 2 is 2.25 bits per heavy atom. The van der Waals surface area contributed by atoms with Gasteiger partial charge < -0.3 is 10.4 Å². The van der Waals surface area contributed by atoms with E-state index in [0.717, 1.165) is 11.4 Å². The molecule has 2 N–H and O–H groups in total. The summed E-state index contributed by atoms with van der Waals surface area (Å²) in [4.78, 5) is 0. The molecule has 1 atom stereocenters. The Morgan fingerprint density at radius 1 is 1.44 bits per heavy atom. The highest BCUT2D eigenvalue weighted by molar-refractivity contribution is 5.51. The lowest BCUT2D eigenvalue weighted by molar-refractivity contribution is 0.224. The molecule has 0 amide bonds. The third-order valence-corrected chi connectivity index (χ3v) is 2.09. The van der Waals surface area contributed by atoms with Crippen LogP contribution in [0.3, 0.4) is 0 Å². The minimum Gasteiger partial charge on any atom is -0.374 e. The average Bonchev–Trinajstić information content (AvgIpc) is 2.64. The number of hydrogen-bond donors (Lipinski definition) is 2. The first-order valence-electron chi connectivity index (χ1n) is 4.97. The topological polar surface area (TPSA) is 75.9 Å². The Bertz CT molecular complexity index is 480. The summed E-state index contributed by atoms with van der Waals surface area (Å²) in [5.41, 5.74) is 1.68. The maximum atomic E-state index is 9.22. The molecule has 16 heavy (non-hydrogen) atoms. The van der Waals surface area contributed by atoms with Crippen molar-refractivity contribution in [3.05, 3.63) is 30.1 Å². The number of aliphatic hydroxyl groups excluding tert-OH is 1. The molecule has 0 fully saturated rings. The standard InChI is InChI=1S/C10H13N5O/c1-7-12-13-14-15(7)10-5-3-4-9(6-10)11-8(2)16/h3-6,8,11,16H,1-2H3. The van der Waals surface area contributed by atoms with E-state index >= 15 is 0 Å². The second-order valence-electron chi connectivity index (χ2n) is 3.51. The highest BCUT2D eigenvalue weighted by Gasteiger charge is 2.04. The third-order valence-electron chi connectivity index (χ3n) is 2.09. The van der Waals surface area contributed by atoms with Crippen molar-refractivity contribution in [1.29, 1.82) is 0 Å². The number of tetrazole rings is 1. The molecule has 0 bridgehead atoms. The van der Waals surface area contributed by atoms with E-state index in [2.05, 4.69) is 20.8 Å². The number of nitrogens with one attached hydrogen (secondary N) is 1. The molecule has 6 nitrogen and oxygen atoms in total. The van der Waals surface area contributed by atoms with Crippen LogP contribution < -0.4 is 5.32 Å². The lowest BCUT2D eigenvalue weighted by Crippen LogP contribution is -2.13. The van der Waals surface area contributed by atoms with Crippen molar-refractivity contribution in [1.82, 2.24) is 20.2 Å². The molecule has 0 spiro atoms. The fraction of sp³-hybridized carbons (Fsp3) is 0.300. The summed E-state index contributed by atoms with van der Waals surface area (Å²) in [5, 5.41) is 23.4. The largest absolute Gasteiger partial charge is 0.374 e. The second-order valence-corrected chi connectivity index (χ2v) is 3.51. The van der Waals surface area contributed by atoms with Crippen LogP contribution in [-0.4, -0.2) is 31.5 Å². The maximum Gasteiger partial charge on any atom is 0.153 e. The first kappa shape index (κ1) is 10.6. The number of aryl methyl sites for hydroxylation is 1. The van der Waals surface area contributed by atoms with Crippen molar-refractivity contribution in [2.75, 3.05) is 5.32 Å². The Labute approximate surface area is 92.9 Å². The third kappa shape index (κ3) is 2.17. The van der Waals surface area contributed by atoms with Gasteiger partial charge in [-0.15, -0.1) is 5.10 Å². The quantitative estimate of drug-likeness (QED) is 0.744. The van der Waals surface area contributed by atoms with E-state index in [1.807, 2.05) is 31.2 Å². The van der Waals surface area contributed by atoms with Crippen LogP contribution in [0.25, 0.3) is 5.69 Å². The normalized spacial score (nSPS) is 12.4. The van der Waals surface area contributed by atoms with Gasteiger partial charge in [-0.05, 0) is 42.5 Å². The van der Waals surface area contributed by atoms with Gasteiger partial charge in [-0.25, -0.2) is 0 Å². The second kappa shape index (κ2) is 4.28. The van der Waals surface area contributed by atoms with E-state index in [9.17, 15) is 5.11 Å². The Morgan fingerprint density at radius 3 is 2.88 bits per heavy atom. The number of nitrogens with zero attached hydrogens (tertiary/aromatic N) is 4. The molecule has 0 saturated carbocycles. The van der Waals surface area contributed by atoms with Crippen LogP contribution in [-0.2, 0) is 0 Å². The predicted octanol–water partition coefficient (Wildman–Crippen LogP) is 0.721. The molecular formula is C10H13N5O. The van der Waals surface area contributed by atoms with Gasteiger partial charge in [0.2, 0.25) is 0 Å². The van der Waals surface area contributed by atoms with E-state index in [4.69, 9.17) is 0 Å². The van der Waals surface area contributed by atoms with Crippen LogP contribution >= 0.6 is 0 Å². The van der Waals surface area contributed by atoms with Gasteiger partial charge in [0.15, 0.2) is 5.82 Å². The summed E-state index contributed by atoms with van der Waals surface area (Å²) in [6.45, 7) is 3.49. The minimum atomic E-state index is -0.592. The molecule has 0 aliphatic carbocycles. The van der Waals surface area contributed by atoms with Crippen LogP contribution in [0.1, 0.15) is 12.7 Å². The predicted molar refractivity (Wildman–Crippen MR) is 59.2 cm³/mol. The monoisotopic (exact) mass is 219 g/mol. The van der Waals surface area contributed by atoms with Gasteiger partial charge in [0.1, 0.15) is 6.23 Å². The van der Waals surface area contributed by atoms with Gasteiger partial charge in [-0.3, -0.25) is 0 Å². The van der Waals surface area contributed by atoms with E-state index in [0.29, 0.717) is 5.82 Å². The zero-order valence-corrected chi connectivity index (χ0v) is 9.12. The Hall–Kier alpha value is -1.95. The molecule has 1 unspecified atom stereocenters. The van der Waals surface area contributed by atoms with Crippen molar-refractivity contribution in [3.8, 4) is 5.69 Å². The summed E-state index contributed by atoms with van der Waals surface area (Å²) in [6.07, 6.45) is -0.592. The molecule has 2 rings (SSSR count). The lowest BCUT2D eigenvalue weighted by atomic mass is 10.2. The molecule has 2 aromatic rings. The number of aromatic nitrogens is 4. The van der Waals surface area contributed by atoms with Crippen molar-refractivity contribution >= 4 is 5.69 Å². The first-order chi connectivity index (χ1) is 7.66. The maximum absolute atomic E-state index is 9.22. The highest BCUT2D eigenvalue weighted by atomic mass is 16.3. The number of aliphatic hydroxyl groups is 1. The van der Waals surface area contributed by atoms with Crippen molar-refractivity contribution in [3.63, 3.8) is 0 Å². The SMILES string of the molecule is Cc1nnnn1-c1cccc(NC(C)O)c1. The van der Waals surface area contributed by atoms with Gasteiger partial charge in [-0.2, -0.15) is 4.68 Å². The molecule has 0 radical (unpaired) electrons. The molecule has 1 heterocycles. The smallest absolute Gasteiger partial charge is 0.153 e. The zero-order chi connectivity index (χ0) is 11.5. The fourth-order valence-electron chi connectivity index (χ4n) is 1.44. The molecular weight excluding hydrogens is 206 g/mol. The molecule has 0 aliphatic rings. The van der Waals surface area contributed by atoms with Crippen LogP contribution in [0.2, 0.25) is 0 Å². The van der Waals surface area contributed by atoms with Gasteiger partial charge in [0.25, 0.3) is 0 Å². The number of rotatable bonds is 3. The summed E-state index contributed by atoms with van der Waals surface area (Å²) in [6, 6.07) is 7.52. The molecule has 84 valence electrons. The minimum absolute atomic E-state index is 0.592. The van der Waals surface area contributed by atoms with Gasteiger partial charge in [0.05, 0.1) is 5.69 Å². The van der Waals surface area contributed by atoms with Crippen molar-refractivity contribution in [2.45, 2.75) is 20.1 Å². The molecule has 6 heteroatoms. The van der Waals surface area contributed by atoms with Gasteiger partial charge in [0, 0.05) is 5.69 Å². The summed E-state index contributed by atoms with van der Waals surface area (Å²) in [7, 11) is 0. The van der Waals surface area contributed by atoms with E-state index in [1.54, 1.807) is 11.6 Å². The highest BCUT2D eigenvalue weighted by Crippen LogP contribution is 2.14. The summed E-state index contributed by atoms with van der Waals surface area (Å²) < 4.78 is 1.63.